The molecule has 2 aromatic rings. The number of nitrogens with one attached hydrogen (secondary N) is 1. The molecule has 0 radical (unpaired) electrons. The fraction of sp³-hybridized carbons (Fsp3) is 0.154. The lowest BCUT2D eigenvalue weighted by Gasteiger charge is -2.07. The summed E-state index contributed by atoms with van der Waals surface area (Å²) in [5.41, 5.74) is 1.56. The second kappa shape index (κ2) is 5.12. The van der Waals surface area contributed by atoms with E-state index in [1.807, 2.05) is 11.4 Å². The zero-order chi connectivity index (χ0) is 12.3. The average molecular weight is 247 g/mol. The van der Waals surface area contributed by atoms with Crippen LogP contribution in [0.15, 0.2) is 41.8 Å². The van der Waals surface area contributed by atoms with Gasteiger partial charge >= 0.3 is 0 Å². The zero-order valence-corrected chi connectivity index (χ0v) is 10.2. The van der Waals surface area contributed by atoms with E-state index >= 15 is 0 Å². The summed E-state index contributed by atoms with van der Waals surface area (Å²) in [6, 6.07) is 10.8. The molecule has 4 heteroatoms. The van der Waals surface area contributed by atoms with Crippen LogP contribution in [0.3, 0.4) is 0 Å². The number of hydrogen-bond acceptors (Lipinski definition) is 3. The third kappa shape index (κ3) is 2.93. The van der Waals surface area contributed by atoms with E-state index in [2.05, 4.69) is 5.32 Å². The first kappa shape index (κ1) is 11.8. The molecule has 17 heavy (non-hydrogen) atoms. The lowest BCUT2D eigenvalue weighted by Crippen LogP contribution is -2.09. The Bertz CT molecular complexity index is 489. The molecule has 1 heterocycles. The van der Waals surface area contributed by atoms with E-state index < -0.39 is 6.10 Å². The minimum absolute atomic E-state index is 0.107. The summed E-state index contributed by atoms with van der Waals surface area (Å²) in [6.07, 6.45) is -0.489. The lowest BCUT2D eigenvalue weighted by molar-refractivity contribution is 0.103. The van der Waals surface area contributed by atoms with Gasteiger partial charge in [-0.3, -0.25) is 4.79 Å². The van der Waals surface area contributed by atoms with Crippen LogP contribution in [0.1, 0.15) is 28.3 Å². The second-order valence-corrected chi connectivity index (χ2v) is 4.68. The lowest BCUT2D eigenvalue weighted by atomic mass is 10.1. The van der Waals surface area contributed by atoms with Crippen molar-refractivity contribution in [1.29, 1.82) is 0 Å². The van der Waals surface area contributed by atoms with Crippen LogP contribution in [0.4, 0.5) is 5.69 Å². The molecule has 1 aromatic carbocycles. The van der Waals surface area contributed by atoms with Gasteiger partial charge in [0.05, 0.1) is 11.0 Å². The second-order valence-electron chi connectivity index (χ2n) is 3.73. The SMILES string of the molecule is C[C@H](O)c1ccc(NC(=O)c2cccs2)cc1. The zero-order valence-electron chi connectivity index (χ0n) is 9.38. The summed E-state index contributed by atoms with van der Waals surface area (Å²) in [5, 5.41) is 14.0. The number of aliphatic hydroxyl groups excluding tert-OH is 1. The number of hydrogen-bond donors (Lipinski definition) is 2. The van der Waals surface area contributed by atoms with E-state index in [1.165, 1.54) is 11.3 Å². The van der Waals surface area contributed by atoms with Crippen LogP contribution in [0, 0.1) is 0 Å². The predicted octanol–water partition coefficient (Wildman–Crippen LogP) is 3.05. The molecule has 0 saturated carbocycles. The fourth-order valence-electron chi connectivity index (χ4n) is 1.45. The molecule has 0 aliphatic rings. The van der Waals surface area contributed by atoms with E-state index in [0.717, 1.165) is 11.3 Å². The minimum atomic E-state index is -0.489. The van der Waals surface area contributed by atoms with Gasteiger partial charge in [0.2, 0.25) is 0 Å². The normalized spacial score (nSPS) is 12.1. The van der Waals surface area contributed by atoms with Crippen LogP contribution in [0.5, 0.6) is 0 Å². The molecule has 0 aliphatic carbocycles. The number of aliphatic hydroxyl groups is 1. The van der Waals surface area contributed by atoms with Gasteiger partial charge in [0.15, 0.2) is 0 Å². The molecule has 2 rings (SSSR count). The van der Waals surface area contributed by atoms with E-state index in [9.17, 15) is 9.90 Å². The van der Waals surface area contributed by atoms with Crippen molar-refractivity contribution in [3.05, 3.63) is 52.2 Å². The van der Waals surface area contributed by atoms with Crippen molar-refractivity contribution in [2.75, 3.05) is 5.32 Å². The van der Waals surface area contributed by atoms with Gasteiger partial charge in [0, 0.05) is 5.69 Å². The predicted molar refractivity (Wildman–Crippen MR) is 69.3 cm³/mol. The van der Waals surface area contributed by atoms with Gasteiger partial charge in [-0.25, -0.2) is 0 Å². The maximum absolute atomic E-state index is 11.7. The van der Waals surface area contributed by atoms with Gasteiger partial charge in [-0.15, -0.1) is 11.3 Å². The Balaban J connectivity index is 2.07. The largest absolute Gasteiger partial charge is 0.389 e. The van der Waals surface area contributed by atoms with Crippen LogP contribution in [0.25, 0.3) is 0 Å². The number of rotatable bonds is 3. The van der Waals surface area contributed by atoms with Crippen LogP contribution in [0.2, 0.25) is 0 Å². The monoisotopic (exact) mass is 247 g/mol. The quantitative estimate of drug-likeness (QED) is 0.875. The first-order valence-electron chi connectivity index (χ1n) is 5.29. The summed E-state index contributed by atoms with van der Waals surface area (Å²) in [6.45, 7) is 1.71. The van der Waals surface area contributed by atoms with E-state index in [0.29, 0.717) is 4.88 Å². The Morgan fingerprint density at radius 3 is 2.53 bits per heavy atom. The van der Waals surface area contributed by atoms with Crippen molar-refractivity contribution in [3.8, 4) is 0 Å². The molecule has 1 amide bonds. The third-order valence-corrected chi connectivity index (χ3v) is 3.26. The van der Waals surface area contributed by atoms with E-state index in [4.69, 9.17) is 0 Å². The summed E-state index contributed by atoms with van der Waals surface area (Å²) >= 11 is 1.41. The van der Waals surface area contributed by atoms with Crippen LogP contribution in [-0.2, 0) is 0 Å². The van der Waals surface area contributed by atoms with Gasteiger partial charge in [0.1, 0.15) is 0 Å². The van der Waals surface area contributed by atoms with Gasteiger partial charge in [-0.2, -0.15) is 0 Å². The third-order valence-electron chi connectivity index (χ3n) is 2.40. The van der Waals surface area contributed by atoms with Gasteiger partial charge in [-0.05, 0) is 36.1 Å². The standard InChI is InChI=1S/C13H13NO2S/c1-9(15)10-4-6-11(7-5-10)14-13(16)12-3-2-8-17-12/h2-9,15H,1H3,(H,14,16)/t9-/m0/s1. The first-order valence-corrected chi connectivity index (χ1v) is 6.17. The molecule has 1 atom stereocenters. The Morgan fingerprint density at radius 2 is 2.00 bits per heavy atom. The molecule has 88 valence electrons. The highest BCUT2D eigenvalue weighted by atomic mass is 32.1. The number of anilines is 1. The smallest absolute Gasteiger partial charge is 0.265 e. The molecule has 0 saturated heterocycles. The van der Waals surface area contributed by atoms with Gasteiger partial charge in [0.25, 0.3) is 5.91 Å². The molecule has 3 nitrogen and oxygen atoms in total. The molecule has 1 aromatic heterocycles. The summed E-state index contributed by atoms with van der Waals surface area (Å²) in [7, 11) is 0. The summed E-state index contributed by atoms with van der Waals surface area (Å²) < 4.78 is 0. The fourth-order valence-corrected chi connectivity index (χ4v) is 2.06. The summed E-state index contributed by atoms with van der Waals surface area (Å²) in [4.78, 5) is 12.4. The maximum atomic E-state index is 11.7. The van der Waals surface area contributed by atoms with Crippen LogP contribution in [-0.4, -0.2) is 11.0 Å². The minimum Gasteiger partial charge on any atom is -0.389 e. The van der Waals surface area contributed by atoms with E-state index in [-0.39, 0.29) is 5.91 Å². The van der Waals surface area contributed by atoms with Crippen LogP contribution >= 0.6 is 11.3 Å². The van der Waals surface area contributed by atoms with E-state index in [1.54, 1.807) is 37.3 Å². The van der Waals surface area contributed by atoms with Crippen molar-refractivity contribution in [2.45, 2.75) is 13.0 Å². The Morgan fingerprint density at radius 1 is 1.29 bits per heavy atom. The number of benzene rings is 1. The number of amides is 1. The molecule has 0 unspecified atom stereocenters. The maximum Gasteiger partial charge on any atom is 0.265 e. The Labute approximate surface area is 104 Å². The number of carbonyl (C=O) groups is 1. The Hall–Kier alpha value is -1.65. The van der Waals surface area contributed by atoms with Crippen LogP contribution < -0.4 is 5.32 Å². The number of carbonyl (C=O) groups excluding carboxylic acids is 1. The molecular weight excluding hydrogens is 234 g/mol. The van der Waals surface area contributed by atoms with Gasteiger partial charge < -0.3 is 10.4 Å². The van der Waals surface area contributed by atoms with Crippen molar-refractivity contribution in [2.24, 2.45) is 0 Å². The highest BCUT2D eigenvalue weighted by molar-refractivity contribution is 7.12. The molecule has 0 fully saturated rings. The van der Waals surface area contributed by atoms with Crippen molar-refractivity contribution >= 4 is 22.9 Å². The first-order chi connectivity index (χ1) is 8.16. The molecule has 0 aliphatic heterocycles. The molecule has 0 spiro atoms. The summed E-state index contributed by atoms with van der Waals surface area (Å²) in [5.74, 6) is -0.107. The Kier molecular flexibility index (Phi) is 3.56. The highest BCUT2D eigenvalue weighted by Gasteiger charge is 2.07. The molecular formula is C13H13NO2S. The topological polar surface area (TPSA) is 49.3 Å². The van der Waals surface area contributed by atoms with Crippen molar-refractivity contribution in [1.82, 2.24) is 0 Å². The highest BCUT2D eigenvalue weighted by Crippen LogP contribution is 2.17. The average Bonchev–Trinajstić information content (AvgIpc) is 2.83. The number of thiophene rings is 1. The molecule has 0 bridgehead atoms. The van der Waals surface area contributed by atoms with Crippen molar-refractivity contribution in [3.63, 3.8) is 0 Å². The van der Waals surface area contributed by atoms with Gasteiger partial charge in [-0.1, -0.05) is 18.2 Å². The van der Waals surface area contributed by atoms with Crippen molar-refractivity contribution < 1.29 is 9.90 Å². The molecule has 2 N–H and O–H groups in total.